The van der Waals surface area contributed by atoms with E-state index in [9.17, 15) is 9.59 Å². The van der Waals surface area contributed by atoms with Gasteiger partial charge in [-0.2, -0.15) is 5.10 Å². The van der Waals surface area contributed by atoms with E-state index in [1.807, 2.05) is 25.2 Å². The van der Waals surface area contributed by atoms with Gasteiger partial charge in [0.2, 0.25) is 6.79 Å². The molecular weight excluding hydrogens is 452 g/mol. The van der Waals surface area contributed by atoms with E-state index in [2.05, 4.69) is 10.4 Å². The molecule has 0 bridgehead atoms. The largest absolute Gasteiger partial charge is 0.497 e. The van der Waals surface area contributed by atoms with E-state index in [0.717, 1.165) is 16.8 Å². The van der Waals surface area contributed by atoms with Gasteiger partial charge in [-0.3, -0.25) is 14.3 Å². The Hall–Kier alpha value is -4.21. The molecule has 0 unspecified atom stereocenters. The van der Waals surface area contributed by atoms with Crippen LogP contribution in [0.4, 0.5) is 0 Å². The lowest BCUT2D eigenvalue weighted by Crippen LogP contribution is -2.39. The molecule has 182 valence electrons. The summed E-state index contributed by atoms with van der Waals surface area (Å²) in [4.78, 5) is 27.5. The lowest BCUT2D eigenvalue weighted by atomic mass is 10.0. The third-order valence-corrected chi connectivity index (χ3v) is 6.12. The van der Waals surface area contributed by atoms with Gasteiger partial charge in [-0.15, -0.1) is 0 Å². The van der Waals surface area contributed by atoms with Crippen molar-refractivity contribution in [1.29, 1.82) is 0 Å². The summed E-state index contributed by atoms with van der Waals surface area (Å²) < 4.78 is 23.2. The van der Waals surface area contributed by atoms with Gasteiger partial charge in [0.15, 0.2) is 23.8 Å². The molecule has 0 saturated carbocycles. The van der Waals surface area contributed by atoms with E-state index in [4.69, 9.17) is 18.9 Å². The fourth-order valence-corrected chi connectivity index (χ4v) is 4.21. The number of hydrogen-bond donors (Lipinski definition) is 1. The van der Waals surface area contributed by atoms with E-state index in [-0.39, 0.29) is 25.2 Å². The van der Waals surface area contributed by atoms with Gasteiger partial charge >= 0.3 is 0 Å². The van der Waals surface area contributed by atoms with E-state index >= 15 is 0 Å². The van der Waals surface area contributed by atoms with Crippen molar-refractivity contribution in [3.8, 4) is 23.0 Å². The van der Waals surface area contributed by atoms with Gasteiger partial charge in [-0.1, -0.05) is 6.07 Å². The van der Waals surface area contributed by atoms with Crippen LogP contribution in [0.15, 0.2) is 42.5 Å². The molecule has 0 saturated heterocycles. The Bertz CT molecular complexity index is 1250. The highest BCUT2D eigenvalue weighted by molar-refractivity contribution is 5.94. The molecule has 5 rings (SSSR count). The van der Waals surface area contributed by atoms with Crippen LogP contribution in [0, 0.1) is 0 Å². The normalized spacial score (nSPS) is 13.8. The Labute approximate surface area is 202 Å². The number of carbonyl (C=O) groups is 2. The van der Waals surface area contributed by atoms with Crippen LogP contribution in [-0.4, -0.2) is 53.5 Å². The molecule has 2 aromatic carbocycles. The minimum absolute atomic E-state index is 0.0897. The first-order chi connectivity index (χ1) is 17.0. The van der Waals surface area contributed by atoms with Crippen molar-refractivity contribution in [2.45, 2.75) is 19.5 Å². The smallest absolute Gasteiger partial charge is 0.272 e. The van der Waals surface area contributed by atoms with Crippen LogP contribution < -0.4 is 24.3 Å². The molecule has 3 heterocycles. The molecule has 10 nitrogen and oxygen atoms in total. The maximum atomic E-state index is 13.0. The van der Waals surface area contributed by atoms with E-state index in [1.54, 1.807) is 41.0 Å². The minimum atomic E-state index is -0.289. The van der Waals surface area contributed by atoms with Crippen LogP contribution in [0.2, 0.25) is 0 Å². The van der Waals surface area contributed by atoms with Crippen molar-refractivity contribution in [2.75, 3.05) is 27.1 Å². The third kappa shape index (κ3) is 4.72. The lowest BCUT2D eigenvalue weighted by Gasteiger charge is -2.27. The quantitative estimate of drug-likeness (QED) is 0.554. The molecule has 2 aliphatic heterocycles. The average molecular weight is 479 g/mol. The molecule has 1 aromatic heterocycles. The SMILES string of the molecule is COc1ccc(OCC(=O)N2CCc3c(c(C(=O)NCc4ccc5c(c4)OCO5)nn3C)C2)cc1. The van der Waals surface area contributed by atoms with Crippen molar-refractivity contribution in [2.24, 2.45) is 7.05 Å². The Morgan fingerprint density at radius 2 is 1.86 bits per heavy atom. The van der Waals surface area contributed by atoms with Gasteiger partial charge in [0.1, 0.15) is 11.5 Å². The number of ether oxygens (including phenoxy) is 4. The Morgan fingerprint density at radius 1 is 1.09 bits per heavy atom. The molecule has 0 radical (unpaired) electrons. The number of amides is 2. The highest BCUT2D eigenvalue weighted by Crippen LogP contribution is 2.32. The molecule has 10 heteroatoms. The number of benzene rings is 2. The average Bonchev–Trinajstić information content (AvgIpc) is 3.49. The number of nitrogens with zero attached hydrogens (tertiary/aromatic N) is 3. The fourth-order valence-electron chi connectivity index (χ4n) is 4.21. The first-order valence-corrected chi connectivity index (χ1v) is 11.3. The third-order valence-electron chi connectivity index (χ3n) is 6.12. The topological polar surface area (TPSA) is 104 Å². The summed E-state index contributed by atoms with van der Waals surface area (Å²) in [5.41, 5.74) is 2.94. The monoisotopic (exact) mass is 478 g/mol. The molecule has 2 aliphatic rings. The number of methoxy groups -OCH3 is 1. The van der Waals surface area contributed by atoms with Crippen LogP contribution in [0.25, 0.3) is 0 Å². The van der Waals surface area contributed by atoms with Gasteiger partial charge in [0, 0.05) is 44.4 Å². The number of rotatable bonds is 7. The lowest BCUT2D eigenvalue weighted by molar-refractivity contribution is -0.134. The highest BCUT2D eigenvalue weighted by Gasteiger charge is 2.29. The first kappa shape index (κ1) is 22.6. The number of carbonyl (C=O) groups excluding carboxylic acids is 2. The molecule has 2 amide bonds. The van der Waals surface area contributed by atoms with Gasteiger partial charge in [0.25, 0.3) is 11.8 Å². The summed E-state index contributed by atoms with van der Waals surface area (Å²) in [7, 11) is 3.41. The Balaban J connectivity index is 1.22. The zero-order chi connectivity index (χ0) is 24.4. The minimum Gasteiger partial charge on any atom is -0.497 e. The van der Waals surface area contributed by atoms with Crippen LogP contribution >= 0.6 is 0 Å². The Morgan fingerprint density at radius 3 is 2.66 bits per heavy atom. The summed E-state index contributed by atoms with van der Waals surface area (Å²) in [5, 5.41) is 7.37. The van der Waals surface area contributed by atoms with Crippen LogP contribution in [0.3, 0.4) is 0 Å². The van der Waals surface area contributed by atoms with Crippen molar-refractivity contribution < 1.29 is 28.5 Å². The van der Waals surface area contributed by atoms with Crippen molar-refractivity contribution >= 4 is 11.8 Å². The molecule has 0 atom stereocenters. The zero-order valence-corrected chi connectivity index (χ0v) is 19.6. The predicted molar refractivity (Wildman–Crippen MR) is 125 cm³/mol. The second-order valence-electron chi connectivity index (χ2n) is 8.30. The Kier molecular flexibility index (Phi) is 6.17. The second kappa shape index (κ2) is 9.57. The molecular formula is C25H26N4O6. The van der Waals surface area contributed by atoms with E-state index < -0.39 is 0 Å². The van der Waals surface area contributed by atoms with Gasteiger partial charge < -0.3 is 29.2 Å². The summed E-state index contributed by atoms with van der Waals surface area (Å²) in [6, 6.07) is 12.6. The summed E-state index contributed by atoms with van der Waals surface area (Å²) in [6.45, 7) is 1.27. The van der Waals surface area contributed by atoms with Crippen LogP contribution in [0.5, 0.6) is 23.0 Å². The summed E-state index contributed by atoms with van der Waals surface area (Å²) in [5.74, 6) is 2.22. The van der Waals surface area contributed by atoms with E-state index in [1.165, 1.54) is 0 Å². The van der Waals surface area contributed by atoms with Gasteiger partial charge in [-0.25, -0.2) is 0 Å². The zero-order valence-electron chi connectivity index (χ0n) is 19.6. The molecule has 35 heavy (non-hydrogen) atoms. The van der Waals surface area contributed by atoms with Crippen molar-refractivity contribution in [3.63, 3.8) is 0 Å². The second-order valence-corrected chi connectivity index (χ2v) is 8.30. The standard InChI is InChI=1S/C25H26N4O6/c1-28-20-9-10-29(23(30)14-33-18-6-4-17(32-2)5-7-18)13-19(20)24(27-28)25(31)26-12-16-3-8-21-22(11-16)35-15-34-21/h3-8,11H,9-10,12-15H2,1-2H3,(H,26,31). The van der Waals surface area contributed by atoms with E-state index in [0.29, 0.717) is 54.7 Å². The number of fused-ring (bicyclic) bond motifs is 2. The fraction of sp³-hybridized carbons (Fsp3) is 0.320. The highest BCUT2D eigenvalue weighted by atomic mass is 16.7. The number of aromatic nitrogens is 2. The number of nitrogens with one attached hydrogen (secondary N) is 1. The summed E-state index contributed by atoms with van der Waals surface area (Å²) in [6.07, 6.45) is 0.614. The maximum Gasteiger partial charge on any atom is 0.272 e. The van der Waals surface area contributed by atoms with Crippen molar-refractivity contribution in [1.82, 2.24) is 20.0 Å². The maximum absolute atomic E-state index is 13.0. The molecule has 0 aliphatic carbocycles. The van der Waals surface area contributed by atoms with Crippen LogP contribution in [-0.2, 0) is 31.4 Å². The van der Waals surface area contributed by atoms with Gasteiger partial charge in [-0.05, 0) is 42.0 Å². The molecule has 0 fully saturated rings. The first-order valence-electron chi connectivity index (χ1n) is 11.3. The molecule has 0 spiro atoms. The number of aryl methyl sites for hydroxylation is 1. The number of hydrogen-bond acceptors (Lipinski definition) is 7. The molecule has 3 aromatic rings. The van der Waals surface area contributed by atoms with Crippen LogP contribution in [0.1, 0.15) is 27.3 Å². The predicted octanol–water partition coefficient (Wildman–Crippen LogP) is 2.05. The summed E-state index contributed by atoms with van der Waals surface area (Å²) >= 11 is 0. The van der Waals surface area contributed by atoms with Crippen molar-refractivity contribution in [3.05, 3.63) is 65.0 Å². The van der Waals surface area contributed by atoms with Gasteiger partial charge in [0.05, 0.1) is 7.11 Å². The molecule has 1 N–H and O–H groups in total.